The predicted molar refractivity (Wildman–Crippen MR) is 107 cm³/mol. The van der Waals surface area contributed by atoms with E-state index in [2.05, 4.69) is 9.97 Å². The molecule has 0 unspecified atom stereocenters. The van der Waals surface area contributed by atoms with Crippen molar-refractivity contribution in [2.24, 2.45) is 0 Å². The van der Waals surface area contributed by atoms with Crippen molar-refractivity contribution >= 4 is 27.5 Å². The number of hydrogen-bond donors (Lipinski definition) is 0. The van der Waals surface area contributed by atoms with Crippen molar-refractivity contribution in [3.8, 4) is 16.8 Å². The van der Waals surface area contributed by atoms with Crippen LogP contribution in [0.3, 0.4) is 0 Å². The number of piperidine rings is 1. The number of likely N-dealkylation sites (tertiary alicyclic amines) is 1. The zero-order valence-electron chi connectivity index (χ0n) is 15.8. The number of benzene rings is 1. The van der Waals surface area contributed by atoms with Crippen LogP contribution in [-0.2, 0) is 0 Å². The average molecular weight is 399 g/mol. The highest BCUT2D eigenvalue weighted by Crippen LogP contribution is 2.32. The number of carbonyl (C=O) groups is 1. The van der Waals surface area contributed by atoms with Crippen LogP contribution in [0.15, 0.2) is 36.5 Å². The standard InChI is InChI=1S/C20H21N3O4S/c1-25-14-5-6-16-17(12-14)28-20(22-16)27-13-7-10-23(11-8-13)19(24)15-4-3-9-21-18(15)26-2/h3-6,9,12-13H,7-8,10-11H2,1-2H3. The van der Waals surface area contributed by atoms with Gasteiger partial charge in [0.2, 0.25) is 5.88 Å². The number of methoxy groups -OCH3 is 2. The van der Waals surface area contributed by atoms with Crippen molar-refractivity contribution < 1.29 is 19.0 Å². The molecule has 3 aromatic rings. The third kappa shape index (κ3) is 3.73. The van der Waals surface area contributed by atoms with E-state index < -0.39 is 0 Å². The number of aromatic nitrogens is 2. The zero-order valence-corrected chi connectivity index (χ0v) is 16.6. The van der Waals surface area contributed by atoms with Gasteiger partial charge >= 0.3 is 0 Å². The number of nitrogens with zero attached hydrogens (tertiary/aromatic N) is 3. The quantitative estimate of drug-likeness (QED) is 0.655. The summed E-state index contributed by atoms with van der Waals surface area (Å²) >= 11 is 1.51. The molecule has 1 aromatic carbocycles. The smallest absolute Gasteiger partial charge is 0.274 e. The van der Waals surface area contributed by atoms with E-state index in [-0.39, 0.29) is 12.0 Å². The summed E-state index contributed by atoms with van der Waals surface area (Å²) in [5.74, 6) is 1.10. The molecule has 0 bridgehead atoms. The Hall–Kier alpha value is -2.87. The van der Waals surface area contributed by atoms with Gasteiger partial charge < -0.3 is 19.1 Å². The number of rotatable bonds is 5. The van der Waals surface area contributed by atoms with Crippen molar-refractivity contribution in [1.82, 2.24) is 14.9 Å². The van der Waals surface area contributed by atoms with Gasteiger partial charge in [-0.25, -0.2) is 9.97 Å². The van der Waals surface area contributed by atoms with Gasteiger partial charge in [-0.15, -0.1) is 0 Å². The summed E-state index contributed by atoms with van der Waals surface area (Å²) in [6.45, 7) is 1.25. The number of pyridine rings is 1. The topological polar surface area (TPSA) is 73.8 Å². The minimum Gasteiger partial charge on any atom is -0.497 e. The molecule has 0 saturated carbocycles. The molecule has 1 saturated heterocycles. The number of thiazole rings is 1. The second-order valence-electron chi connectivity index (χ2n) is 6.48. The summed E-state index contributed by atoms with van der Waals surface area (Å²) in [5, 5.41) is 0.655. The van der Waals surface area contributed by atoms with Gasteiger partial charge in [0.25, 0.3) is 11.1 Å². The van der Waals surface area contributed by atoms with Gasteiger partial charge in [-0.1, -0.05) is 11.3 Å². The first-order chi connectivity index (χ1) is 13.7. The van der Waals surface area contributed by atoms with Crippen LogP contribution < -0.4 is 14.2 Å². The van der Waals surface area contributed by atoms with Gasteiger partial charge in [0, 0.05) is 32.1 Å². The predicted octanol–water partition coefficient (Wildman–Crippen LogP) is 3.39. The van der Waals surface area contributed by atoms with Gasteiger partial charge in [0.15, 0.2) is 0 Å². The van der Waals surface area contributed by atoms with E-state index in [0.717, 1.165) is 28.8 Å². The number of ether oxygens (including phenoxy) is 3. The molecule has 8 heteroatoms. The van der Waals surface area contributed by atoms with Crippen LogP contribution in [-0.4, -0.2) is 54.2 Å². The Bertz CT molecular complexity index is 982. The summed E-state index contributed by atoms with van der Waals surface area (Å²) in [4.78, 5) is 23.2. The monoisotopic (exact) mass is 399 g/mol. The molecule has 1 aliphatic heterocycles. The first kappa shape index (κ1) is 18.5. The lowest BCUT2D eigenvalue weighted by Gasteiger charge is -2.31. The molecule has 0 N–H and O–H groups in total. The molecule has 3 heterocycles. The molecule has 0 atom stereocenters. The minimum absolute atomic E-state index is 0.0438. The Kier molecular flexibility index (Phi) is 5.29. The van der Waals surface area contributed by atoms with E-state index in [1.807, 2.05) is 23.1 Å². The normalized spacial score (nSPS) is 14.9. The molecule has 1 aliphatic rings. The van der Waals surface area contributed by atoms with Crippen LogP contribution in [0.2, 0.25) is 0 Å². The summed E-state index contributed by atoms with van der Waals surface area (Å²) in [7, 11) is 3.17. The lowest BCUT2D eigenvalue weighted by Crippen LogP contribution is -2.41. The molecule has 0 radical (unpaired) electrons. The third-order valence-corrected chi connectivity index (χ3v) is 5.68. The van der Waals surface area contributed by atoms with Gasteiger partial charge in [-0.2, -0.15) is 0 Å². The first-order valence-corrected chi connectivity index (χ1v) is 9.89. The van der Waals surface area contributed by atoms with Crippen molar-refractivity contribution in [2.45, 2.75) is 18.9 Å². The van der Waals surface area contributed by atoms with Crippen LogP contribution in [0.5, 0.6) is 16.8 Å². The largest absolute Gasteiger partial charge is 0.497 e. The van der Waals surface area contributed by atoms with Crippen LogP contribution in [0.1, 0.15) is 23.2 Å². The SMILES string of the molecule is COc1ccc2nc(OC3CCN(C(=O)c4cccnc4OC)CC3)sc2c1. The Morgan fingerprint density at radius 2 is 2.00 bits per heavy atom. The van der Waals surface area contributed by atoms with Crippen molar-refractivity contribution in [2.75, 3.05) is 27.3 Å². The molecule has 146 valence electrons. The lowest BCUT2D eigenvalue weighted by molar-refractivity contribution is 0.0592. The fraction of sp³-hybridized carbons (Fsp3) is 0.350. The van der Waals surface area contributed by atoms with Crippen LogP contribution in [0, 0.1) is 0 Å². The second kappa shape index (κ2) is 8.02. The van der Waals surface area contributed by atoms with E-state index in [0.29, 0.717) is 29.7 Å². The van der Waals surface area contributed by atoms with Gasteiger partial charge in [-0.3, -0.25) is 4.79 Å². The molecule has 28 heavy (non-hydrogen) atoms. The summed E-state index contributed by atoms with van der Waals surface area (Å²) in [6, 6.07) is 9.27. The number of amides is 1. The average Bonchev–Trinajstić information content (AvgIpc) is 3.15. The zero-order chi connectivity index (χ0) is 19.5. The highest BCUT2D eigenvalue weighted by Gasteiger charge is 2.27. The molecule has 1 amide bonds. The summed E-state index contributed by atoms with van der Waals surface area (Å²) in [5.41, 5.74) is 1.39. The Balaban J connectivity index is 1.38. The number of fused-ring (bicyclic) bond motifs is 1. The van der Waals surface area contributed by atoms with Gasteiger partial charge in [-0.05, 0) is 30.3 Å². The van der Waals surface area contributed by atoms with Crippen molar-refractivity contribution in [1.29, 1.82) is 0 Å². The highest BCUT2D eigenvalue weighted by atomic mass is 32.1. The lowest BCUT2D eigenvalue weighted by atomic mass is 10.1. The van der Waals surface area contributed by atoms with Crippen LogP contribution in [0.25, 0.3) is 10.2 Å². The molecular weight excluding hydrogens is 378 g/mol. The maximum atomic E-state index is 12.8. The van der Waals surface area contributed by atoms with E-state index >= 15 is 0 Å². The molecular formula is C20H21N3O4S. The highest BCUT2D eigenvalue weighted by molar-refractivity contribution is 7.20. The fourth-order valence-electron chi connectivity index (χ4n) is 3.27. The maximum Gasteiger partial charge on any atom is 0.274 e. The molecule has 1 fully saturated rings. The summed E-state index contributed by atoms with van der Waals surface area (Å²) in [6.07, 6.45) is 3.17. The molecule has 2 aromatic heterocycles. The Morgan fingerprint density at radius 1 is 1.18 bits per heavy atom. The summed E-state index contributed by atoms with van der Waals surface area (Å²) < 4.78 is 17.6. The van der Waals surface area contributed by atoms with Gasteiger partial charge in [0.05, 0.1) is 24.4 Å². The van der Waals surface area contributed by atoms with Crippen LogP contribution in [0.4, 0.5) is 0 Å². The third-order valence-electron chi connectivity index (χ3n) is 4.77. The Labute approximate surface area is 166 Å². The molecule has 0 aliphatic carbocycles. The van der Waals surface area contributed by atoms with E-state index in [1.165, 1.54) is 18.4 Å². The number of hydrogen-bond acceptors (Lipinski definition) is 7. The van der Waals surface area contributed by atoms with Crippen molar-refractivity contribution in [3.05, 3.63) is 42.1 Å². The maximum absolute atomic E-state index is 12.8. The van der Waals surface area contributed by atoms with Gasteiger partial charge in [0.1, 0.15) is 17.4 Å². The van der Waals surface area contributed by atoms with E-state index in [1.54, 1.807) is 25.4 Å². The fourth-order valence-corrected chi connectivity index (χ4v) is 4.18. The van der Waals surface area contributed by atoms with E-state index in [9.17, 15) is 4.79 Å². The molecule has 7 nitrogen and oxygen atoms in total. The Morgan fingerprint density at radius 3 is 2.75 bits per heavy atom. The van der Waals surface area contributed by atoms with Crippen molar-refractivity contribution in [3.63, 3.8) is 0 Å². The number of carbonyl (C=O) groups excluding carboxylic acids is 1. The minimum atomic E-state index is -0.0597. The molecule has 0 spiro atoms. The van der Waals surface area contributed by atoms with E-state index in [4.69, 9.17) is 14.2 Å². The van der Waals surface area contributed by atoms with Crippen LogP contribution >= 0.6 is 11.3 Å². The first-order valence-electron chi connectivity index (χ1n) is 9.07. The molecule has 4 rings (SSSR count). The second-order valence-corrected chi connectivity index (χ2v) is 7.48.